The number of rotatable bonds is 5. The first-order valence-corrected chi connectivity index (χ1v) is 4.06. The fourth-order valence-corrected chi connectivity index (χ4v) is 0.635. The third-order valence-electron chi connectivity index (χ3n) is 1.64. The summed E-state index contributed by atoms with van der Waals surface area (Å²) in [4.78, 5) is 21.3. The molecule has 1 amide bonds. The number of nitrogens with one attached hydrogen (secondary N) is 1. The number of carbonyl (C=O) groups is 2. The third-order valence-corrected chi connectivity index (χ3v) is 1.64. The van der Waals surface area contributed by atoms with Crippen molar-refractivity contribution in [3.63, 3.8) is 0 Å². The first kappa shape index (κ1) is 12.8. The van der Waals surface area contributed by atoms with Gasteiger partial charge in [-0.15, -0.1) is 0 Å². The van der Waals surface area contributed by atoms with Crippen LogP contribution in [0.1, 0.15) is 6.92 Å². The van der Waals surface area contributed by atoms with Gasteiger partial charge >= 0.3 is 5.97 Å². The molecule has 0 heterocycles. The van der Waals surface area contributed by atoms with Gasteiger partial charge in [0.15, 0.2) is 0 Å². The van der Waals surface area contributed by atoms with Gasteiger partial charge in [-0.05, 0) is 6.92 Å². The van der Waals surface area contributed by atoms with Crippen LogP contribution in [0.15, 0.2) is 0 Å². The lowest BCUT2D eigenvalue weighted by atomic mass is 10.2. The summed E-state index contributed by atoms with van der Waals surface area (Å²) in [5, 5.41) is 19.5. The van der Waals surface area contributed by atoms with Crippen molar-refractivity contribution in [3.05, 3.63) is 0 Å². The van der Waals surface area contributed by atoms with Gasteiger partial charge in [0.1, 0.15) is 12.1 Å². The Morgan fingerprint density at radius 2 is 1.93 bits per heavy atom. The highest BCUT2D eigenvalue weighted by atomic mass is 16.4. The van der Waals surface area contributed by atoms with Crippen LogP contribution in [0.5, 0.6) is 0 Å². The molecular formula is C7H15N3O4. The number of carboxylic acid groups (broad SMARTS) is 1. The number of amides is 1. The molecule has 14 heavy (non-hydrogen) atoms. The van der Waals surface area contributed by atoms with Crippen LogP contribution in [0, 0.1) is 0 Å². The maximum Gasteiger partial charge on any atom is 0.322 e. The maximum absolute atomic E-state index is 11.1. The van der Waals surface area contributed by atoms with Crippen LogP contribution in [0.25, 0.3) is 0 Å². The third kappa shape index (κ3) is 4.17. The normalized spacial score (nSPS) is 16.9. The van der Waals surface area contributed by atoms with E-state index in [0.29, 0.717) is 0 Å². The quantitative estimate of drug-likeness (QED) is 0.329. The van der Waals surface area contributed by atoms with E-state index in [1.54, 1.807) is 0 Å². The molecule has 0 rings (SSSR count). The summed E-state index contributed by atoms with van der Waals surface area (Å²) in [5.41, 5.74) is 10.4. The Bertz CT molecular complexity index is 219. The van der Waals surface area contributed by atoms with Crippen LogP contribution < -0.4 is 16.8 Å². The number of aliphatic carboxylic acids is 1. The Morgan fingerprint density at radius 3 is 2.29 bits per heavy atom. The summed E-state index contributed by atoms with van der Waals surface area (Å²) in [5.74, 6) is -1.84. The Balaban J connectivity index is 3.91. The highest BCUT2D eigenvalue weighted by Crippen LogP contribution is 1.88. The zero-order valence-electron chi connectivity index (χ0n) is 7.80. The number of carboxylic acids is 1. The number of aliphatic hydroxyl groups is 1. The first-order valence-electron chi connectivity index (χ1n) is 4.06. The molecule has 7 heteroatoms. The molecule has 0 saturated carbocycles. The molecule has 0 aromatic rings. The molecule has 0 aliphatic rings. The molecule has 0 aromatic carbocycles. The van der Waals surface area contributed by atoms with E-state index < -0.39 is 30.1 Å². The summed E-state index contributed by atoms with van der Waals surface area (Å²) < 4.78 is 0. The molecule has 0 aliphatic carbocycles. The number of carbonyl (C=O) groups excluding carboxylic acids is 1. The summed E-state index contributed by atoms with van der Waals surface area (Å²) in [6.45, 7) is 1.15. The molecule has 0 saturated heterocycles. The van der Waals surface area contributed by atoms with E-state index >= 15 is 0 Å². The Morgan fingerprint density at radius 1 is 1.43 bits per heavy atom. The van der Waals surface area contributed by atoms with Crippen molar-refractivity contribution in [2.45, 2.75) is 25.1 Å². The molecule has 0 fully saturated rings. The van der Waals surface area contributed by atoms with Crippen LogP contribution in [0.2, 0.25) is 0 Å². The Labute approximate surface area is 81.1 Å². The number of hydrogen-bond donors (Lipinski definition) is 5. The van der Waals surface area contributed by atoms with Crippen molar-refractivity contribution in [2.24, 2.45) is 11.5 Å². The van der Waals surface area contributed by atoms with E-state index in [1.807, 2.05) is 0 Å². The Kier molecular flexibility index (Phi) is 5.06. The lowest BCUT2D eigenvalue weighted by Gasteiger charge is -2.15. The molecule has 0 spiro atoms. The van der Waals surface area contributed by atoms with Crippen LogP contribution in [-0.4, -0.2) is 46.8 Å². The van der Waals surface area contributed by atoms with Gasteiger partial charge in [0.05, 0.1) is 6.10 Å². The smallest absolute Gasteiger partial charge is 0.322 e. The van der Waals surface area contributed by atoms with Gasteiger partial charge in [-0.1, -0.05) is 0 Å². The highest BCUT2D eigenvalue weighted by molar-refractivity contribution is 5.83. The van der Waals surface area contributed by atoms with Crippen molar-refractivity contribution in [3.8, 4) is 0 Å². The average Bonchev–Trinajstić information content (AvgIpc) is 2.11. The minimum absolute atomic E-state index is 0.214. The summed E-state index contributed by atoms with van der Waals surface area (Å²) >= 11 is 0. The summed E-state index contributed by atoms with van der Waals surface area (Å²) in [7, 11) is 0. The largest absolute Gasteiger partial charge is 0.480 e. The monoisotopic (exact) mass is 205 g/mol. The van der Waals surface area contributed by atoms with Gasteiger partial charge in [-0.2, -0.15) is 0 Å². The van der Waals surface area contributed by atoms with E-state index in [0.717, 1.165) is 0 Å². The average molecular weight is 205 g/mol. The molecule has 0 radical (unpaired) electrons. The van der Waals surface area contributed by atoms with Crippen molar-refractivity contribution in [2.75, 3.05) is 6.54 Å². The SMILES string of the molecule is CC(O)C(N)C(=O)NC[C@H](N)C(=O)O. The van der Waals surface area contributed by atoms with Gasteiger partial charge in [-0.3, -0.25) is 9.59 Å². The maximum atomic E-state index is 11.1. The second-order valence-corrected chi connectivity index (χ2v) is 2.96. The molecule has 2 unspecified atom stereocenters. The van der Waals surface area contributed by atoms with Crippen molar-refractivity contribution >= 4 is 11.9 Å². The fourth-order valence-electron chi connectivity index (χ4n) is 0.635. The Hall–Kier alpha value is -1.18. The van der Waals surface area contributed by atoms with E-state index in [2.05, 4.69) is 5.32 Å². The van der Waals surface area contributed by atoms with Gasteiger partial charge < -0.3 is 27.0 Å². The lowest BCUT2D eigenvalue weighted by Crippen LogP contribution is -2.51. The number of aliphatic hydroxyl groups excluding tert-OH is 1. The van der Waals surface area contributed by atoms with Gasteiger partial charge in [-0.25, -0.2) is 0 Å². The van der Waals surface area contributed by atoms with Crippen LogP contribution in [0.3, 0.4) is 0 Å². The van der Waals surface area contributed by atoms with Gasteiger partial charge in [0.25, 0.3) is 0 Å². The van der Waals surface area contributed by atoms with Crippen LogP contribution in [0.4, 0.5) is 0 Å². The molecular weight excluding hydrogens is 190 g/mol. The summed E-state index contributed by atoms with van der Waals surface area (Å²) in [6, 6.07) is -2.24. The molecule has 0 aromatic heterocycles. The van der Waals surface area contributed by atoms with E-state index in [4.69, 9.17) is 21.7 Å². The molecule has 3 atom stereocenters. The van der Waals surface area contributed by atoms with Crippen molar-refractivity contribution in [1.29, 1.82) is 0 Å². The van der Waals surface area contributed by atoms with Crippen molar-refractivity contribution in [1.82, 2.24) is 5.32 Å². The predicted octanol–water partition coefficient (Wildman–Crippen LogP) is -2.78. The van der Waals surface area contributed by atoms with E-state index in [1.165, 1.54) is 6.92 Å². The number of nitrogens with two attached hydrogens (primary N) is 2. The molecule has 7 N–H and O–H groups in total. The zero-order chi connectivity index (χ0) is 11.3. The number of hydrogen-bond acceptors (Lipinski definition) is 5. The van der Waals surface area contributed by atoms with Gasteiger partial charge in [0.2, 0.25) is 5.91 Å². The fraction of sp³-hybridized carbons (Fsp3) is 0.714. The van der Waals surface area contributed by atoms with E-state index in [-0.39, 0.29) is 6.54 Å². The lowest BCUT2D eigenvalue weighted by molar-refractivity contribution is -0.138. The van der Waals surface area contributed by atoms with E-state index in [9.17, 15) is 9.59 Å². The van der Waals surface area contributed by atoms with Crippen LogP contribution in [-0.2, 0) is 9.59 Å². The second-order valence-electron chi connectivity index (χ2n) is 2.96. The standard InChI is InChI=1S/C7H15N3O4/c1-3(11)5(9)6(12)10-2-4(8)7(13)14/h3-5,11H,2,8-9H2,1H3,(H,10,12)(H,13,14)/t3?,4-,5?/m0/s1. The highest BCUT2D eigenvalue weighted by Gasteiger charge is 2.20. The zero-order valence-corrected chi connectivity index (χ0v) is 7.80. The molecule has 0 bridgehead atoms. The van der Waals surface area contributed by atoms with Crippen molar-refractivity contribution < 1.29 is 19.8 Å². The first-order chi connectivity index (χ1) is 6.36. The minimum Gasteiger partial charge on any atom is -0.480 e. The van der Waals surface area contributed by atoms with Crippen LogP contribution >= 0.6 is 0 Å². The topological polar surface area (TPSA) is 139 Å². The minimum atomic E-state index is -1.21. The molecule has 7 nitrogen and oxygen atoms in total. The predicted molar refractivity (Wildman–Crippen MR) is 48.3 cm³/mol. The second kappa shape index (κ2) is 5.53. The summed E-state index contributed by atoms with van der Waals surface area (Å²) in [6.07, 6.45) is -0.990. The molecule has 82 valence electrons. The molecule has 0 aliphatic heterocycles. The van der Waals surface area contributed by atoms with Gasteiger partial charge in [0, 0.05) is 6.54 Å².